The first-order valence-electron chi connectivity index (χ1n) is 12.5. The van der Waals surface area contributed by atoms with Gasteiger partial charge in [0.15, 0.2) is 0 Å². The number of rotatable bonds is 4. The molecule has 1 saturated heterocycles. The van der Waals surface area contributed by atoms with E-state index in [-0.39, 0.29) is 0 Å². The number of carboxylic acids is 2. The van der Waals surface area contributed by atoms with E-state index in [9.17, 15) is 26.3 Å². The number of carboxylic acid groups (broad SMARTS) is 2. The van der Waals surface area contributed by atoms with Crippen molar-refractivity contribution in [3.63, 3.8) is 0 Å². The summed E-state index contributed by atoms with van der Waals surface area (Å²) in [7, 11) is 1.74. The van der Waals surface area contributed by atoms with Crippen LogP contribution >= 0.6 is 0 Å². The summed E-state index contributed by atoms with van der Waals surface area (Å²) in [6.07, 6.45) is -2.35. The van der Waals surface area contributed by atoms with E-state index in [0.29, 0.717) is 12.1 Å². The second-order valence-electron chi connectivity index (χ2n) is 10.2. The Morgan fingerprint density at radius 1 is 0.951 bits per heavy atom. The molecule has 230 valence electrons. The van der Waals surface area contributed by atoms with Gasteiger partial charge in [0.05, 0.1) is 24.9 Å². The number of halogens is 6. The fourth-order valence-electron chi connectivity index (χ4n) is 4.42. The number of piperidine rings is 1. The molecule has 1 aliphatic heterocycles. The summed E-state index contributed by atoms with van der Waals surface area (Å²) in [5.74, 6) is -4.54. The lowest BCUT2D eigenvalue weighted by atomic mass is 9.86. The zero-order valence-corrected chi connectivity index (χ0v) is 22.7. The molecule has 0 saturated carbocycles. The number of hydrogen-bond donors (Lipinski definition) is 3. The number of nitrogens with zero attached hydrogens (tertiary/aromatic N) is 4. The first-order valence-corrected chi connectivity index (χ1v) is 12.5. The van der Waals surface area contributed by atoms with E-state index >= 15 is 0 Å². The summed E-state index contributed by atoms with van der Waals surface area (Å²) >= 11 is 0. The van der Waals surface area contributed by atoms with Crippen molar-refractivity contribution in [2.45, 2.75) is 75.9 Å². The molecule has 1 aliphatic carbocycles. The van der Waals surface area contributed by atoms with Gasteiger partial charge >= 0.3 is 24.3 Å². The first-order chi connectivity index (χ1) is 18.8. The van der Waals surface area contributed by atoms with Crippen molar-refractivity contribution in [2.75, 3.05) is 20.2 Å². The zero-order chi connectivity index (χ0) is 31.2. The molecule has 0 amide bonds. The Morgan fingerprint density at radius 2 is 1.49 bits per heavy atom. The molecule has 2 aliphatic rings. The Kier molecular flexibility index (Phi) is 11.1. The van der Waals surface area contributed by atoms with Crippen molar-refractivity contribution in [1.29, 1.82) is 0 Å². The maximum Gasteiger partial charge on any atom is 0.490 e. The Balaban J connectivity index is 0.000000349. The fourth-order valence-corrected chi connectivity index (χ4v) is 4.42. The molecule has 0 spiro atoms. The van der Waals surface area contributed by atoms with Gasteiger partial charge in [-0.25, -0.2) is 14.3 Å². The summed E-state index contributed by atoms with van der Waals surface area (Å²) in [5, 5.41) is 22.9. The Morgan fingerprint density at radius 3 is 1.93 bits per heavy atom. The molecule has 10 nitrogen and oxygen atoms in total. The van der Waals surface area contributed by atoms with E-state index < -0.39 is 29.8 Å². The van der Waals surface area contributed by atoms with Crippen LogP contribution in [0, 0.1) is 0 Å². The monoisotopic (exact) mass is 597 g/mol. The van der Waals surface area contributed by atoms with Gasteiger partial charge in [0.25, 0.3) is 0 Å². The highest BCUT2D eigenvalue weighted by atomic mass is 19.4. The number of aliphatic carboxylic acids is 2. The number of fused-ring (bicyclic) bond motifs is 1. The van der Waals surface area contributed by atoms with Crippen LogP contribution in [-0.4, -0.2) is 80.6 Å². The molecule has 1 atom stereocenters. The highest BCUT2D eigenvalue weighted by molar-refractivity contribution is 5.73. The van der Waals surface area contributed by atoms with Crippen LogP contribution in [0.3, 0.4) is 0 Å². The van der Waals surface area contributed by atoms with Crippen LogP contribution in [-0.2, 0) is 28.0 Å². The van der Waals surface area contributed by atoms with Crippen molar-refractivity contribution >= 4 is 11.9 Å². The molecule has 1 aromatic heterocycles. The number of aromatic nitrogens is 3. The van der Waals surface area contributed by atoms with Crippen LogP contribution in [0.5, 0.6) is 5.75 Å². The third-order valence-corrected chi connectivity index (χ3v) is 6.66. The van der Waals surface area contributed by atoms with E-state index in [1.54, 1.807) is 7.11 Å². The van der Waals surface area contributed by atoms with E-state index in [2.05, 4.69) is 33.4 Å². The maximum absolute atomic E-state index is 10.6. The van der Waals surface area contributed by atoms with Gasteiger partial charge in [0, 0.05) is 19.1 Å². The van der Waals surface area contributed by atoms with Crippen molar-refractivity contribution in [3.05, 3.63) is 41.2 Å². The van der Waals surface area contributed by atoms with Crippen LogP contribution in [0.4, 0.5) is 26.3 Å². The third kappa shape index (κ3) is 10.2. The van der Waals surface area contributed by atoms with Crippen molar-refractivity contribution in [1.82, 2.24) is 19.9 Å². The molecule has 16 heteroatoms. The molecule has 4 rings (SSSR count). The van der Waals surface area contributed by atoms with E-state index in [4.69, 9.17) is 30.3 Å². The Labute approximate surface area is 232 Å². The molecule has 1 unspecified atom stereocenters. The number of nitrogens with two attached hydrogens (primary N) is 1. The molecule has 1 aromatic carbocycles. The molecule has 41 heavy (non-hydrogen) atoms. The Bertz CT molecular complexity index is 1150. The van der Waals surface area contributed by atoms with Crippen LogP contribution in [0.25, 0.3) is 0 Å². The summed E-state index contributed by atoms with van der Waals surface area (Å²) < 4.78 is 70.9. The normalized spacial score (nSPS) is 18.2. The van der Waals surface area contributed by atoms with Crippen LogP contribution in [0.15, 0.2) is 24.4 Å². The minimum atomic E-state index is -5.08. The summed E-state index contributed by atoms with van der Waals surface area (Å²) in [6, 6.07) is 7.61. The number of methoxy groups -OCH3 is 1. The highest BCUT2D eigenvalue weighted by Gasteiger charge is 2.39. The predicted octanol–water partition coefficient (Wildman–Crippen LogP) is 3.94. The average molecular weight is 598 g/mol. The summed E-state index contributed by atoms with van der Waals surface area (Å²) in [5.41, 5.74) is 9.52. The zero-order valence-electron chi connectivity index (χ0n) is 22.7. The SMILES string of the molecule is COc1ccc2c(c1)CC(N1CCC(n3cc(C(C)(C)N)nn3)CC1)CC2.O=C(O)C(F)(F)F.O=C(O)C(F)(F)F. The molecule has 2 aromatic rings. The number of likely N-dealkylation sites (tertiary alicyclic amines) is 1. The van der Waals surface area contributed by atoms with Gasteiger partial charge in [0.1, 0.15) is 11.4 Å². The van der Waals surface area contributed by atoms with Gasteiger partial charge in [-0.05, 0) is 69.2 Å². The van der Waals surface area contributed by atoms with Gasteiger partial charge in [-0.15, -0.1) is 5.10 Å². The van der Waals surface area contributed by atoms with Crippen LogP contribution in [0.1, 0.15) is 56.0 Å². The summed E-state index contributed by atoms with van der Waals surface area (Å²) in [4.78, 5) is 20.5. The number of ether oxygens (including phenoxy) is 1. The highest BCUT2D eigenvalue weighted by Crippen LogP contribution is 2.31. The maximum atomic E-state index is 10.6. The van der Waals surface area contributed by atoms with Crippen LogP contribution in [0.2, 0.25) is 0 Å². The first kappa shape index (κ1) is 33.8. The quantitative estimate of drug-likeness (QED) is 0.447. The van der Waals surface area contributed by atoms with Gasteiger partial charge in [-0.1, -0.05) is 11.3 Å². The summed E-state index contributed by atoms with van der Waals surface area (Å²) in [6.45, 7) is 6.19. The van der Waals surface area contributed by atoms with Crippen LogP contribution < -0.4 is 10.5 Å². The lowest BCUT2D eigenvalue weighted by Crippen LogP contribution is -2.44. The predicted molar refractivity (Wildman–Crippen MR) is 133 cm³/mol. The van der Waals surface area contributed by atoms with E-state index in [1.807, 2.05) is 24.7 Å². The van der Waals surface area contributed by atoms with Crippen molar-refractivity contribution in [3.8, 4) is 5.75 Å². The van der Waals surface area contributed by atoms with Gasteiger partial charge < -0.3 is 20.7 Å². The lowest BCUT2D eigenvalue weighted by molar-refractivity contribution is -0.193. The van der Waals surface area contributed by atoms with Gasteiger partial charge in [-0.2, -0.15) is 26.3 Å². The largest absolute Gasteiger partial charge is 0.497 e. The topological polar surface area (TPSA) is 144 Å². The fraction of sp³-hybridized carbons (Fsp3) is 0.600. The van der Waals surface area contributed by atoms with Crippen molar-refractivity contribution < 1.29 is 50.9 Å². The molecule has 4 N–H and O–H groups in total. The number of alkyl halides is 6. The molecular formula is C25H33F6N5O5. The molecule has 2 heterocycles. The number of benzene rings is 1. The van der Waals surface area contributed by atoms with Crippen molar-refractivity contribution in [2.24, 2.45) is 5.73 Å². The average Bonchev–Trinajstić information content (AvgIpc) is 3.39. The van der Waals surface area contributed by atoms with Gasteiger partial charge in [0.2, 0.25) is 0 Å². The molecule has 0 radical (unpaired) electrons. The second-order valence-corrected chi connectivity index (χ2v) is 10.2. The standard InChI is InChI=1S/C21H31N5O.2C2HF3O2/c1-21(2,22)20-14-26(24-23-20)17-8-10-25(11-9-17)18-6-4-15-5-7-19(27-3)13-16(15)12-18;2*3-2(4,5)1(6)7/h5,7,13-14,17-18H,4,6,8-12,22H2,1-3H3;2*(H,6,7). The van der Waals surface area contributed by atoms with Gasteiger partial charge in [-0.3, -0.25) is 4.90 Å². The van der Waals surface area contributed by atoms with E-state index in [1.165, 1.54) is 24.0 Å². The minimum absolute atomic E-state index is 0.431. The minimum Gasteiger partial charge on any atom is -0.497 e. The smallest absolute Gasteiger partial charge is 0.490 e. The van der Waals surface area contributed by atoms with E-state index in [0.717, 1.165) is 43.8 Å². The second kappa shape index (κ2) is 13.5. The number of carbonyl (C=O) groups is 2. The Hall–Kier alpha value is -3.40. The molecular weight excluding hydrogens is 564 g/mol. The molecule has 1 fully saturated rings. The molecule has 0 bridgehead atoms. The lowest BCUT2D eigenvalue weighted by Gasteiger charge is -2.39. The number of hydrogen-bond acceptors (Lipinski definition) is 7. The third-order valence-electron chi connectivity index (χ3n) is 6.66. The number of aryl methyl sites for hydroxylation is 1.